The molecule has 0 radical (unpaired) electrons. The van der Waals surface area contributed by atoms with Crippen molar-refractivity contribution in [2.75, 3.05) is 11.9 Å². The van der Waals surface area contributed by atoms with Crippen molar-refractivity contribution in [2.24, 2.45) is 0 Å². The number of hydrogen-bond acceptors (Lipinski definition) is 5. The van der Waals surface area contributed by atoms with Gasteiger partial charge in [0.1, 0.15) is 5.56 Å². The first-order valence-corrected chi connectivity index (χ1v) is 7.57. The third-order valence-corrected chi connectivity index (χ3v) is 3.48. The molecule has 0 spiro atoms. The van der Waals surface area contributed by atoms with Gasteiger partial charge in [-0.1, -0.05) is 18.2 Å². The van der Waals surface area contributed by atoms with Gasteiger partial charge in [0.2, 0.25) is 0 Å². The number of hydrogen-bond donors (Lipinski definition) is 1. The minimum atomic E-state index is -0.911. The Morgan fingerprint density at radius 1 is 1.12 bits per heavy atom. The average Bonchev–Trinajstić information content (AvgIpc) is 2.50. The van der Waals surface area contributed by atoms with Crippen molar-refractivity contribution in [3.8, 4) is 0 Å². The number of esters is 1. The van der Waals surface area contributed by atoms with E-state index >= 15 is 0 Å². The highest BCUT2D eigenvalue weighted by atomic mass is 16.6. The van der Waals surface area contributed by atoms with Crippen LogP contribution >= 0.6 is 0 Å². The number of rotatable bonds is 5. The molecule has 0 aliphatic heterocycles. The molecule has 7 heteroatoms. The van der Waals surface area contributed by atoms with Crippen LogP contribution in [0.1, 0.15) is 27.0 Å². The van der Waals surface area contributed by atoms with Crippen LogP contribution in [0.4, 0.5) is 11.4 Å². The maximum atomic E-state index is 12.1. The SMILES string of the molecule is Cc1cc(C)cc(NC(=O)COC(=O)c2cccc(C)c2[N+](=O)[O-])c1. The van der Waals surface area contributed by atoms with Crippen LogP contribution in [0.3, 0.4) is 0 Å². The Morgan fingerprint density at radius 3 is 2.36 bits per heavy atom. The minimum absolute atomic E-state index is 0.177. The number of benzene rings is 2. The lowest BCUT2D eigenvalue weighted by atomic mass is 10.1. The average molecular weight is 342 g/mol. The van der Waals surface area contributed by atoms with Crippen LogP contribution in [0.25, 0.3) is 0 Å². The third kappa shape index (κ3) is 4.63. The Hall–Kier alpha value is -3.22. The zero-order chi connectivity index (χ0) is 18.6. The van der Waals surface area contributed by atoms with Gasteiger partial charge in [-0.25, -0.2) is 4.79 Å². The van der Waals surface area contributed by atoms with Crippen molar-refractivity contribution in [2.45, 2.75) is 20.8 Å². The summed E-state index contributed by atoms with van der Waals surface area (Å²) in [4.78, 5) is 34.5. The summed E-state index contributed by atoms with van der Waals surface area (Å²) in [5.74, 6) is -1.43. The van der Waals surface area contributed by atoms with E-state index in [2.05, 4.69) is 5.32 Å². The number of nitro benzene ring substituents is 1. The van der Waals surface area contributed by atoms with Crippen LogP contribution in [0.15, 0.2) is 36.4 Å². The summed E-state index contributed by atoms with van der Waals surface area (Å²) in [5, 5.41) is 13.7. The first-order chi connectivity index (χ1) is 11.8. The van der Waals surface area contributed by atoms with Gasteiger partial charge in [0, 0.05) is 11.3 Å². The van der Waals surface area contributed by atoms with Gasteiger partial charge in [-0.3, -0.25) is 14.9 Å². The van der Waals surface area contributed by atoms with E-state index in [1.807, 2.05) is 19.9 Å². The Kier molecular flexibility index (Phi) is 5.49. The Balaban J connectivity index is 2.04. The fraction of sp³-hybridized carbons (Fsp3) is 0.222. The predicted octanol–water partition coefficient (Wildman–Crippen LogP) is 3.32. The molecule has 25 heavy (non-hydrogen) atoms. The van der Waals surface area contributed by atoms with E-state index in [0.29, 0.717) is 11.3 Å². The molecule has 2 aromatic carbocycles. The molecule has 7 nitrogen and oxygen atoms in total. The minimum Gasteiger partial charge on any atom is -0.452 e. The molecular formula is C18H18N2O5. The van der Waals surface area contributed by atoms with Crippen LogP contribution < -0.4 is 5.32 Å². The van der Waals surface area contributed by atoms with Crippen molar-refractivity contribution in [1.29, 1.82) is 0 Å². The zero-order valence-corrected chi connectivity index (χ0v) is 14.2. The highest BCUT2D eigenvalue weighted by Crippen LogP contribution is 2.23. The summed E-state index contributed by atoms with van der Waals surface area (Å²) >= 11 is 0. The summed E-state index contributed by atoms with van der Waals surface area (Å²) in [6.45, 7) is 4.80. The fourth-order valence-electron chi connectivity index (χ4n) is 2.52. The van der Waals surface area contributed by atoms with Crippen LogP contribution in [-0.4, -0.2) is 23.4 Å². The normalized spacial score (nSPS) is 10.2. The first-order valence-electron chi connectivity index (χ1n) is 7.57. The molecule has 0 aliphatic carbocycles. The van der Waals surface area contributed by atoms with Crippen LogP contribution in [-0.2, 0) is 9.53 Å². The topological polar surface area (TPSA) is 98.5 Å². The molecule has 130 valence electrons. The van der Waals surface area contributed by atoms with E-state index < -0.39 is 23.4 Å². The number of ether oxygens (including phenoxy) is 1. The Labute approximate surface area is 144 Å². The molecule has 0 aromatic heterocycles. The van der Waals surface area contributed by atoms with Crippen LogP contribution in [0, 0.1) is 30.9 Å². The lowest BCUT2D eigenvalue weighted by molar-refractivity contribution is -0.385. The molecule has 0 unspecified atom stereocenters. The van der Waals surface area contributed by atoms with Crippen molar-refractivity contribution in [3.05, 3.63) is 68.8 Å². The number of para-hydroxylation sites is 1. The smallest absolute Gasteiger partial charge is 0.345 e. The molecule has 0 saturated heterocycles. The molecular weight excluding hydrogens is 324 g/mol. The third-order valence-electron chi connectivity index (χ3n) is 3.48. The second-order valence-corrected chi connectivity index (χ2v) is 5.73. The van der Waals surface area contributed by atoms with Crippen LogP contribution in [0.5, 0.6) is 0 Å². The lowest BCUT2D eigenvalue weighted by Gasteiger charge is -2.09. The molecule has 2 aromatic rings. The highest BCUT2D eigenvalue weighted by Gasteiger charge is 2.24. The second kappa shape index (κ2) is 7.57. The zero-order valence-electron chi connectivity index (χ0n) is 14.2. The number of nitrogens with zero attached hydrogens (tertiary/aromatic N) is 1. The van der Waals surface area contributed by atoms with E-state index in [1.165, 1.54) is 25.1 Å². The van der Waals surface area contributed by atoms with Gasteiger partial charge in [0.15, 0.2) is 6.61 Å². The predicted molar refractivity (Wildman–Crippen MR) is 92.7 cm³/mol. The van der Waals surface area contributed by atoms with Gasteiger partial charge < -0.3 is 10.1 Å². The van der Waals surface area contributed by atoms with E-state index in [9.17, 15) is 19.7 Å². The Morgan fingerprint density at radius 2 is 1.76 bits per heavy atom. The summed E-state index contributed by atoms with van der Waals surface area (Å²) in [5.41, 5.74) is 2.43. The molecule has 2 rings (SSSR count). The highest BCUT2D eigenvalue weighted by molar-refractivity contribution is 5.97. The number of anilines is 1. The largest absolute Gasteiger partial charge is 0.452 e. The number of aryl methyl sites for hydroxylation is 3. The summed E-state index contributed by atoms with van der Waals surface area (Å²) in [6, 6.07) is 9.90. The molecule has 0 bridgehead atoms. The molecule has 0 heterocycles. The van der Waals surface area contributed by atoms with Gasteiger partial charge >= 0.3 is 5.97 Å². The summed E-state index contributed by atoms with van der Waals surface area (Å²) in [6.07, 6.45) is 0. The number of nitro groups is 1. The maximum absolute atomic E-state index is 12.1. The molecule has 1 N–H and O–H groups in total. The summed E-state index contributed by atoms with van der Waals surface area (Å²) < 4.78 is 4.91. The van der Waals surface area contributed by atoms with Crippen molar-refractivity contribution in [1.82, 2.24) is 0 Å². The molecule has 0 saturated carbocycles. The second-order valence-electron chi connectivity index (χ2n) is 5.73. The summed E-state index contributed by atoms with van der Waals surface area (Å²) in [7, 11) is 0. The Bertz CT molecular complexity index is 825. The standard InChI is InChI=1S/C18H18N2O5/c1-11-7-12(2)9-14(8-11)19-16(21)10-25-18(22)15-6-4-5-13(3)17(15)20(23)24/h4-9H,10H2,1-3H3,(H,19,21). The van der Waals surface area contributed by atoms with Gasteiger partial charge in [-0.2, -0.15) is 0 Å². The van der Waals surface area contributed by atoms with Crippen molar-refractivity contribution < 1.29 is 19.2 Å². The molecule has 0 aliphatic rings. The van der Waals surface area contributed by atoms with E-state index in [-0.39, 0.29) is 11.3 Å². The van der Waals surface area contributed by atoms with Gasteiger partial charge in [-0.15, -0.1) is 0 Å². The van der Waals surface area contributed by atoms with E-state index in [4.69, 9.17) is 4.74 Å². The van der Waals surface area contributed by atoms with Crippen molar-refractivity contribution in [3.63, 3.8) is 0 Å². The molecule has 0 atom stereocenters. The number of amides is 1. The molecule has 0 fully saturated rings. The number of carbonyl (C=O) groups is 2. The van der Waals surface area contributed by atoms with E-state index in [1.54, 1.807) is 12.1 Å². The number of carbonyl (C=O) groups excluding carboxylic acids is 2. The van der Waals surface area contributed by atoms with Crippen molar-refractivity contribution >= 4 is 23.3 Å². The number of nitrogens with one attached hydrogen (secondary N) is 1. The lowest BCUT2D eigenvalue weighted by Crippen LogP contribution is -2.21. The maximum Gasteiger partial charge on any atom is 0.345 e. The quantitative estimate of drug-likeness (QED) is 0.510. The van der Waals surface area contributed by atoms with Gasteiger partial charge in [0.05, 0.1) is 4.92 Å². The van der Waals surface area contributed by atoms with Gasteiger partial charge in [-0.05, 0) is 50.1 Å². The fourth-order valence-corrected chi connectivity index (χ4v) is 2.52. The van der Waals surface area contributed by atoms with Crippen LogP contribution in [0.2, 0.25) is 0 Å². The van der Waals surface area contributed by atoms with E-state index in [0.717, 1.165) is 11.1 Å². The van der Waals surface area contributed by atoms with Gasteiger partial charge in [0.25, 0.3) is 11.6 Å². The first kappa shape index (κ1) is 18.1. The molecule has 1 amide bonds. The monoisotopic (exact) mass is 342 g/mol.